The van der Waals surface area contributed by atoms with Gasteiger partial charge in [0.2, 0.25) is 21.8 Å². The molecule has 1 N–H and O–H groups in total. The quantitative estimate of drug-likeness (QED) is 0.806. The standard InChI is InChI=1S/C20H20ClN3O4S/c21-15-7-9-16(10-8-15)29(27,28)23-11-3-4-14(12-23)20(26)24-13-19(25)22-17-5-1-2-6-18(17)24/h1-2,5-10,14H,3-4,11-13H2,(H,22,25). The number of sulfonamides is 1. The van der Waals surface area contributed by atoms with Crippen LogP contribution < -0.4 is 10.2 Å². The maximum Gasteiger partial charge on any atom is 0.244 e. The van der Waals surface area contributed by atoms with Crippen molar-refractivity contribution in [3.05, 3.63) is 53.6 Å². The lowest BCUT2D eigenvalue weighted by atomic mass is 9.97. The van der Waals surface area contributed by atoms with Gasteiger partial charge in [-0.15, -0.1) is 0 Å². The normalized spacial score (nSPS) is 20.1. The summed E-state index contributed by atoms with van der Waals surface area (Å²) in [5, 5.41) is 3.21. The fourth-order valence-corrected chi connectivity index (χ4v) is 5.42. The summed E-state index contributed by atoms with van der Waals surface area (Å²) >= 11 is 5.86. The zero-order chi connectivity index (χ0) is 20.6. The van der Waals surface area contributed by atoms with Crippen molar-refractivity contribution < 1.29 is 18.0 Å². The molecule has 0 aliphatic carbocycles. The number of carbonyl (C=O) groups excluding carboxylic acids is 2. The van der Waals surface area contributed by atoms with E-state index in [0.29, 0.717) is 35.8 Å². The Hall–Kier alpha value is -2.42. The number of halogens is 1. The van der Waals surface area contributed by atoms with E-state index in [0.717, 1.165) is 0 Å². The smallest absolute Gasteiger partial charge is 0.244 e. The summed E-state index contributed by atoms with van der Waals surface area (Å²) in [7, 11) is -3.72. The van der Waals surface area contributed by atoms with Gasteiger partial charge in [-0.1, -0.05) is 23.7 Å². The molecule has 0 saturated carbocycles. The van der Waals surface area contributed by atoms with E-state index in [2.05, 4.69) is 5.32 Å². The molecule has 29 heavy (non-hydrogen) atoms. The summed E-state index contributed by atoms with van der Waals surface area (Å²) in [6, 6.07) is 13.1. The summed E-state index contributed by atoms with van der Waals surface area (Å²) in [5.41, 5.74) is 1.22. The van der Waals surface area contributed by atoms with Crippen molar-refractivity contribution in [3.8, 4) is 0 Å². The zero-order valence-corrected chi connectivity index (χ0v) is 17.1. The molecule has 0 radical (unpaired) electrons. The molecule has 2 aliphatic heterocycles. The van der Waals surface area contributed by atoms with Gasteiger partial charge in [0.05, 0.1) is 22.2 Å². The molecule has 1 atom stereocenters. The number of nitrogens with zero attached hydrogens (tertiary/aromatic N) is 2. The third-order valence-corrected chi connectivity index (χ3v) is 7.35. The fourth-order valence-electron chi connectivity index (χ4n) is 3.77. The van der Waals surface area contributed by atoms with Crippen LogP contribution in [0.5, 0.6) is 0 Å². The van der Waals surface area contributed by atoms with Crippen LogP contribution in [-0.4, -0.2) is 44.2 Å². The lowest BCUT2D eigenvalue weighted by Gasteiger charge is -2.36. The van der Waals surface area contributed by atoms with Crippen LogP contribution in [0, 0.1) is 5.92 Å². The van der Waals surface area contributed by atoms with E-state index in [1.165, 1.54) is 33.5 Å². The first-order valence-electron chi connectivity index (χ1n) is 9.32. The van der Waals surface area contributed by atoms with E-state index >= 15 is 0 Å². The third kappa shape index (κ3) is 3.88. The predicted octanol–water partition coefficient (Wildman–Crippen LogP) is 2.73. The summed E-state index contributed by atoms with van der Waals surface area (Å²) in [6.45, 7) is 0.367. The van der Waals surface area contributed by atoms with Crippen molar-refractivity contribution in [1.82, 2.24) is 4.31 Å². The molecule has 0 aromatic heterocycles. The van der Waals surface area contributed by atoms with Crippen LogP contribution in [0.4, 0.5) is 11.4 Å². The number of fused-ring (bicyclic) bond motifs is 1. The number of anilines is 2. The molecule has 0 bridgehead atoms. The predicted molar refractivity (Wildman–Crippen MR) is 110 cm³/mol. The van der Waals surface area contributed by atoms with Crippen molar-refractivity contribution in [1.29, 1.82) is 0 Å². The molecule has 2 amide bonds. The summed E-state index contributed by atoms with van der Waals surface area (Å²) in [6.07, 6.45) is 1.15. The Morgan fingerprint density at radius 1 is 1.10 bits per heavy atom. The van der Waals surface area contributed by atoms with Gasteiger partial charge >= 0.3 is 0 Å². The van der Waals surface area contributed by atoms with Gasteiger partial charge in [-0.05, 0) is 49.2 Å². The van der Waals surface area contributed by atoms with Crippen LogP contribution in [0.3, 0.4) is 0 Å². The van der Waals surface area contributed by atoms with Gasteiger partial charge in [-0.2, -0.15) is 4.31 Å². The van der Waals surface area contributed by atoms with Gasteiger partial charge in [0.25, 0.3) is 0 Å². The van der Waals surface area contributed by atoms with Crippen LogP contribution in [-0.2, 0) is 19.6 Å². The Kier molecular flexibility index (Phi) is 5.33. The van der Waals surface area contributed by atoms with Crippen molar-refractivity contribution in [2.45, 2.75) is 17.7 Å². The minimum atomic E-state index is -3.72. The first kappa shape index (κ1) is 19.9. The number of hydrogen-bond donors (Lipinski definition) is 1. The molecule has 7 nitrogen and oxygen atoms in total. The lowest BCUT2D eigenvalue weighted by molar-refractivity contribution is -0.125. The molecule has 2 heterocycles. The van der Waals surface area contributed by atoms with Crippen LogP contribution in [0.2, 0.25) is 5.02 Å². The van der Waals surface area contributed by atoms with Gasteiger partial charge in [0.1, 0.15) is 6.54 Å². The number of piperidine rings is 1. The van der Waals surface area contributed by atoms with E-state index in [1.807, 2.05) is 0 Å². The Balaban J connectivity index is 1.57. The topological polar surface area (TPSA) is 86.8 Å². The lowest BCUT2D eigenvalue weighted by Crippen LogP contribution is -2.50. The van der Waals surface area contributed by atoms with E-state index < -0.39 is 15.9 Å². The van der Waals surface area contributed by atoms with E-state index in [-0.39, 0.29) is 29.8 Å². The van der Waals surface area contributed by atoms with Gasteiger partial charge in [-0.3, -0.25) is 9.59 Å². The maximum atomic E-state index is 13.2. The molecule has 2 aromatic carbocycles. The molecule has 2 aliphatic rings. The molecule has 2 aromatic rings. The molecule has 1 saturated heterocycles. The largest absolute Gasteiger partial charge is 0.323 e. The minimum Gasteiger partial charge on any atom is -0.323 e. The number of para-hydroxylation sites is 2. The molecular weight excluding hydrogens is 414 g/mol. The summed E-state index contributed by atoms with van der Waals surface area (Å²) in [4.78, 5) is 26.9. The van der Waals surface area contributed by atoms with Gasteiger partial charge < -0.3 is 10.2 Å². The Morgan fingerprint density at radius 3 is 2.59 bits per heavy atom. The average Bonchev–Trinajstić information content (AvgIpc) is 2.73. The first-order valence-corrected chi connectivity index (χ1v) is 11.1. The van der Waals surface area contributed by atoms with Crippen molar-refractivity contribution in [2.75, 3.05) is 29.9 Å². The number of carbonyl (C=O) groups is 2. The highest BCUT2D eigenvalue weighted by molar-refractivity contribution is 7.89. The zero-order valence-electron chi connectivity index (χ0n) is 15.5. The van der Waals surface area contributed by atoms with Crippen LogP contribution in [0.15, 0.2) is 53.4 Å². The van der Waals surface area contributed by atoms with Crippen molar-refractivity contribution in [3.63, 3.8) is 0 Å². The highest BCUT2D eigenvalue weighted by Crippen LogP contribution is 2.32. The Bertz CT molecular complexity index is 1060. The molecule has 9 heteroatoms. The van der Waals surface area contributed by atoms with Crippen LogP contribution >= 0.6 is 11.6 Å². The summed E-state index contributed by atoms with van der Waals surface area (Å²) in [5.74, 6) is -1.01. The number of amides is 2. The molecule has 1 unspecified atom stereocenters. The van der Waals surface area contributed by atoms with Crippen molar-refractivity contribution in [2.24, 2.45) is 5.92 Å². The Morgan fingerprint density at radius 2 is 1.83 bits per heavy atom. The maximum absolute atomic E-state index is 13.2. The molecule has 0 spiro atoms. The SMILES string of the molecule is O=C1CN(C(=O)C2CCCN(S(=O)(=O)c3ccc(Cl)cc3)C2)c2ccccc2N1. The first-order chi connectivity index (χ1) is 13.9. The third-order valence-electron chi connectivity index (χ3n) is 5.22. The molecule has 4 rings (SSSR count). The number of nitrogens with one attached hydrogen (secondary N) is 1. The van der Waals surface area contributed by atoms with Crippen LogP contribution in [0.1, 0.15) is 12.8 Å². The number of rotatable bonds is 3. The fraction of sp³-hybridized carbons (Fsp3) is 0.300. The molecule has 152 valence electrons. The van der Waals surface area contributed by atoms with E-state index in [1.54, 1.807) is 24.3 Å². The highest BCUT2D eigenvalue weighted by Gasteiger charge is 2.37. The van der Waals surface area contributed by atoms with Crippen LogP contribution in [0.25, 0.3) is 0 Å². The van der Waals surface area contributed by atoms with Gasteiger partial charge in [0.15, 0.2) is 0 Å². The molecular formula is C20H20ClN3O4S. The second-order valence-corrected chi connectivity index (χ2v) is 9.52. The molecule has 1 fully saturated rings. The number of hydrogen-bond acceptors (Lipinski definition) is 4. The number of benzene rings is 2. The monoisotopic (exact) mass is 433 g/mol. The van der Waals surface area contributed by atoms with Gasteiger partial charge in [0, 0.05) is 18.1 Å². The second-order valence-electron chi connectivity index (χ2n) is 7.15. The highest BCUT2D eigenvalue weighted by atomic mass is 35.5. The van der Waals surface area contributed by atoms with E-state index in [9.17, 15) is 18.0 Å². The van der Waals surface area contributed by atoms with Gasteiger partial charge in [-0.25, -0.2) is 8.42 Å². The minimum absolute atomic E-state index is 0.0731. The van der Waals surface area contributed by atoms with Crippen molar-refractivity contribution >= 4 is 44.8 Å². The second kappa shape index (κ2) is 7.78. The summed E-state index contributed by atoms with van der Waals surface area (Å²) < 4.78 is 27.3. The van der Waals surface area contributed by atoms with E-state index in [4.69, 9.17) is 11.6 Å². The Labute approximate surface area is 174 Å². The average molecular weight is 434 g/mol.